The Morgan fingerprint density at radius 2 is 2.07 bits per heavy atom. The normalized spacial score (nSPS) is 9.27. The van der Waals surface area contributed by atoms with Gasteiger partial charge in [-0.05, 0) is 24.1 Å². The summed E-state index contributed by atoms with van der Waals surface area (Å²) in [6.45, 7) is 6.11. The Kier molecular flexibility index (Phi) is 4.54. The lowest BCUT2D eigenvalue weighted by Gasteiger charge is -1.97. The van der Waals surface area contributed by atoms with Gasteiger partial charge in [0.2, 0.25) is 0 Å². The van der Waals surface area contributed by atoms with E-state index in [1.165, 1.54) is 5.56 Å². The summed E-state index contributed by atoms with van der Waals surface area (Å²) < 4.78 is 1.79. The molecular formula is C12H17N3. The van der Waals surface area contributed by atoms with Crippen LogP contribution in [0.4, 0.5) is 0 Å². The molecule has 0 aliphatic carbocycles. The molecule has 2 aromatic heterocycles. The van der Waals surface area contributed by atoms with Crippen LogP contribution < -0.4 is 0 Å². The van der Waals surface area contributed by atoms with Crippen molar-refractivity contribution in [2.24, 2.45) is 0 Å². The molecule has 0 aliphatic heterocycles. The van der Waals surface area contributed by atoms with Crippen LogP contribution >= 0.6 is 0 Å². The predicted molar refractivity (Wildman–Crippen MR) is 62.1 cm³/mol. The molecule has 0 spiro atoms. The fraction of sp³-hybridized carbons (Fsp3) is 0.333. The van der Waals surface area contributed by atoms with Gasteiger partial charge in [-0.15, -0.1) is 0 Å². The van der Waals surface area contributed by atoms with Crippen molar-refractivity contribution in [2.75, 3.05) is 0 Å². The maximum atomic E-state index is 4.21. The largest absolute Gasteiger partial charge is 0.237 e. The highest BCUT2D eigenvalue weighted by molar-refractivity contribution is 5.21. The van der Waals surface area contributed by atoms with E-state index in [9.17, 15) is 0 Å². The van der Waals surface area contributed by atoms with Crippen LogP contribution in [0.25, 0.3) is 5.82 Å². The first kappa shape index (κ1) is 11.4. The first-order valence-corrected chi connectivity index (χ1v) is 5.35. The molecule has 2 rings (SSSR count). The summed E-state index contributed by atoms with van der Waals surface area (Å²) in [6, 6.07) is 5.79. The molecule has 2 aromatic rings. The maximum absolute atomic E-state index is 4.21. The zero-order chi connectivity index (χ0) is 11.1. The smallest absolute Gasteiger partial charge is 0.153 e. The molecular weight excluding hydrogens is 186 g/mol. The zero-order valence-corrected chi connectivity index (χ0v) is 9.51. The Hall–Kier alpha value is -1.64. The van der Waals surface area contributed by atoms with Crippen LogP contribution in [0, 0.1) is 0 Å². The number of nitrogens with zero attached hydrogens (tertiary/aromatic N) is 3. The second-order valence-corrected chi connectivity index (χ2v) is 2.83. The van der Waals surface area contributed by atoms with Gasteiger partial charge in [0.1, 0.15) is 0 Å². The molecule has 0 aliphatic rings. The van der Waals surface area contributed by atoms with E-state index in [2.05, 4.69) is 17.0 Å². The lowest BCUT2D eigenvalue weighted by Crippen LogP contribution is -1.96. The highest BCUT2D eigenvalue weighted by Crippen LogP contribution is 2.04. The van der Waals surface area contributed by atoms with Crippen molar-refractivity contribution >= 4 is 0 Å². The van der Waals surface area contributed by atoms with Crippen molar-refractivity contribution in [1.82, 2.24) is 14.8 Å². The highest BCUT2D eigenvalue weighted by atomic mass is 15.3. The van der Waals surface area contributed by atoms with Gasteiger partial charge in [-0.25, -0.2) is 9.67 Å². The molecule has 0 saturated heterocycles. The SMILES string of the molecule is CC.CCc1cnn(-c2ccccn2)c1. The lowest BCUT2D eigenvalue weighted by atomic mass is 10.3. The first-order valence-electron chi connectivity index (χ1n) is 5.35. The minimum atomic E-state index is 0.863. The number of pyridine rings is 1. The van der Waals surface area contributed by atoms with E-state index in [-0.39, 0.29) is 0 Å². The van der Waals surface area contributed by atoms with E-state index in [4.69, 9.17) is 0 Å². The van der Waals surface area contributed by atoms with E-state index in [1.807, 2.05) is 44.4 Å². The van der Waals surface area contributed by atoms with E-state index in [1.54, 1.807) is 10.9 Å². The third-order valence-electron chi connectivity index (χ3n) is 1.93. The van der Waals surface area contributed by atoms with Crippen LogP contribution in [-0.2, 0) is 6.42 Å². The molecule has 0 atom stereocenters. The third kappa shape index (κ3) is 2.91. The lowest BCUT2D eigenvalue weighted by molar-refractivity contribution is 0.846. The Balaban J connectivity index is 0.000000531. The molecule has 0 amide bonds. The number of aryl methyl sites for hydroxylation is 1. The van der Waals surface area contributed by atoms with E-state index in [0.717, 1.165) is 12.2 Å². The molecule has 0 aromatic carbocycles. The molecule has 0 bridgehead atoms. The maximum Gasteiger partial charge on any atom is 0.153 e. The van der Waals surface area contributed by atoms with E-state index >= 15 is 0 Å². The number of hydrogen-bond acceptors (Lipinski definition) is 2. The topological polar surface area (TPSA) is 30.7 Å². The van der Waals surface area contributed by atoms with Gasteiger partial charge in [0.05, 0.1) is 6.20 Å². The minimum absolute atomic E-state index is 0.863. The van der Waals surface area contributed by atoms with Gasteiger partial charge in [0.25, 0.3) is 0 Å². The van der Waals surface area contributed by atoms with Gasteiger partial charge in [-0.3, -0.25) is 0 Å². The highest BCUT2D eigenvalue weighted by Gasteiger charge is 1.98. The number of rotatable bonds is 2. The summed E-state index contributed by atoms with van der Waals surface area (Å²) >= 11 is 0. The second kappa shape index (κ2) is 5.96. The monoisotopic (exact) mass is 203 g/mol. The minimum Gasteiger partial charge on any atom is -0.237 e. The summed E-state index contributed by atoms with van der Waals surface area (Å²) in [6.07, 6.45) is 6.65. The van der Waals surface area contributed by atoms with Crippen molar-refractivity contribution in [3.05, 3.63) is 42.4 Å². The summed E-state index contributed by atoms with van der Waals surface area (Å²) in [5.41, 5.74) is 1.23. The Morgan fingerprint density at radius 1 is 1.27 bits per heavy atom. The van der Waals surface area contributed by atoms with Crippen LogP contribution in [0.3, 0.4) is 0 Å². The second-order valence-electron chi connectivity index (χ2n) is 2.83. The molecule has 0 saturated carbocycles. The molecule has 0 unspecified atom stereocenters. The average Bonchev–Trinajstić information content (AvgIpc) is 2.81. The Bertz CT molecular complexity index is 379. The van der Waals surface area contributed by atoms with Crippen molar-refractivity contribution < 1.29 is 0 Å². The molecule has 2 heterocycles. The van der Waals surface area contributed by atoms with Crippen LogP contribution in [0.15, 0.2) is 36.8 Å². The summed E-state index contributed by atoms with van der Waals surface area (Å²) in [5, 5.41) is 4.21. The fourth-order valence-corrected chi connectivity index (χ4v) is 1.16. The average molecular weight is 203 g/mol. The van der Waals surface area contributed by atoms with Gasteiger partial charge in [-0.1, -0.05) is 26.8 Å². The van der Waals surface area contributed by atoms with Crippen LogP contribution in [0.5, 0.6) is 0 Å². The molecule has 80 valence electrons. The standard InChI is InChI=1S/C10H11N3.C2H6/c1-2-9-7-12-13(8-9)10-5-3-4-6-11-10;1-2/h3-8H,2H2,1H3;1-2H3. The summed E-state index contributed by atoms with van der Waals surface area (Å²) in [7, 11) is 0. The Labute approximate surface area is 90.8 Å². The van der Waals surface area contributed by atoms with Gasteiger partial charge in [-0.2, -0.15) is 5.10 Å². The van der Waals surface area contributed by atoms with Crippen LogP contribution in [-0.4, -0.2) is 14.8 Å². The van der Waals surface area contributed by atoms with Crippen LogP contribution in [0.2, 0.25) is 0 Å². The van der Waals surface area contributed by atoms with Crippen LogP contribution in [0.1, 0.15) is 26.3 Å². The van der Waals surface area contributed by atoms with Gasteiger partial charge >= 0.3 is 0 Å². The third-order valence-corrected chi connectivity index (χ3v) is 1.93. The predicted octanol–water partition coefficient (Wildman–Crippen LogP) is 2.86. The van der Waals surface area contributed by atoms with Gasteiger partial charge in [0.15, 0.2) is 5.82 Å². The zero-order valence-electron chi connectivity index (χ0n) is 9.51. The number of aromatic nitrogens is 3. The van der Waals surface area contributed by atoms with E-state index in [0.29, 0.717) is 0 Å². The van der Waals surface area contributed by atoms with Gasteiger partial charge < -0.3 is 0 Å². The van der Waals surface area contributed by atoms with Gasteiger partial charge in [0, 0.05) is 12.4 Å². The van der Waals surface area contributed by atoms with Crippen molar-refractivity contribution in [3.8, 4) is 5.82 Å². The first-order chi connectivity index (χ1) is 7.40. The van der Waals surface area contributed by atoms with Crippen molar-refractivity contribution in [1.29, 1.82) is 0 Å². The van der Waals surface area contributed by atoms with Crippen molar-refractivity contribution in [3.63, 3.8) is 0 Å². The molecule has 3 heteroatoms. The summed E-state index contributed by atoms with van der Waals surface area (Å²) in [4.78, 5) is 4.20. The fourth-order valence-electron chi connectivity index (χ4n) is 1.16. The Morgan fingerprint density at radius 3 is 2.60 bits per heavy atom. The summed E-state index contributed by atoms with van der Waals surface area (Å²) in [5.74, 6) is 0.863. The molecule has 15 heavy (non-hydrogen) atoms. The quantitative estimate of drug-likeness (QED) is 0.751. The molecule has 3 nitrogen and oxygen atoms in total. The molecule has 0 N–H and O–H groups in total. The molecule has 0 radical (unpaired) electrons. The number of hydrogen-bond donors (Lipinski definition) is 0. The van der Waals surface area contributed by atoms with E-state index < -0.39 is 0 Å². The molecule has 0 fully saturated rings. The van der Waals surface area contributed by atoms with Crippen molar-refractivity contribution in [2.45, 2.75) is 27.2 Å².